The third-order valence-electron chi connectivity index (χ3n) is 3.41. The maximum atomic E-state index is 12.1. The number of pyridine rings is 1. The Morgan fingerprint density at radius 1 is 1.23 bits per heavy atom. The van der Waals surface area contributed by atoms with Gasteiger partial charge < -0.3 is 19.2 Å². The normalized spacial score (nSPS) is 12.5. The fourth-order valence-corrected chi connectivity index (χ4v) is 2.42. The van der Waals surface area contributed by atoms with Crippen molar-refractivity contribution in [2.75, 3.05) is 12.1 Å². The summed E-state index contributed by atoms with van der Waals surface area (Å²) in [5.74, 6) is 1.21. The van der Waals surface area contributed by atoms with Gasteiger partial charge in [0.2, 0.25) is 12.7 Å². The highest BCUT2D eigenvalue weighted by atomic mass is 16.7. The summed E-state index contributed by atoms with van der Waals surface area (Å²) in [5.41, 5.74) is 2.23. The second kappa shape index (κ2) is 5.07. The Labute approximate surface area is 126 Å². The van der Waals surface area contributed by atoms with E-state index in [-0.39, 0.29) is 19.1 Å². The summed E-state index contributed by atoms with van der Waals surface area (Å²) >= 11 is 0. The number of nitrogens with one attached hydrogen (secondary N) is 1. The number of imidazole rings is 1. The summed E-state index contributed by atoms with van der Waals surface area (Å²) in [6.07, 6.45) is 3.98. The number of anilines is 1. The van der Waals surface area contributed by atoms with E-state index in [9.17, 15) is 4.79 Å². The molecule has 2 aromatic heterocycles. The highest BCUT2D eigenvalue weighted by Gasteiger charge is 2.14. The highest BCUT2D eigenvalue weighted by Crippen LogP contribution is 2.34. The van der Waals surface area contributed by atoms with Gasteiger partial charge in [-0.25, -0.2) is 4.98 Å². The van der Waals surface area contributed by atoms with E-state index in [1.165, 1.54) is 0 Å². The quantitative estimate of drug-likeness (QED) is 0.805. The average molecular weight is 295 g/mol. The van der Waals surface area contributed by atoms with Gasteiger partial charge in [0.15, 0.2) is 11.5 Å². The number of carbonyl (C=O) groups is 1. The number of rotatable bonds is 3. The lowest BCUT2D eigenvalue weighted by atomic mass is 10.2. The van der Waals surface area contributed by atoms with Crippen molar-refractivity contribution >= 4 is 17.2 Å². The second-order valence-corrected chi connectivity index (χ2v) is 4.99. The summed E-state index contributed by atoms with van der Waals surface area (Å²) in [5, 5.41) is 2.84. The van der Waals surface area contributed by atoms with Gasteiger partial charge in [0.1, 0.15) is 5.65 Å². The minimum Gasteiger partial charge on any atom is -0.454 e. The number of hydrogen-bond donors (Lipinski definition) is 1. The summed E-state index contributed by atoms with van der Waals surface area (Å²) in [7, 11) is 0. The SMILES string of the molecule is O=C(Cc1cn2ccccc2n1)Nc1ccc2c(c1)OCO2. The molecule has 0 radical (unpaired) electrons. The number of aromatic nitrogens is 2. The Hall–Kier alpha value is -3.02. The van der Waals surface area contributed by atoms with E-state index in [2.05, 4.69) is 10.3 Å². The first-order chi connectivity index (χ1) is 10.8. The van der Waals surface area contributed by atoms with Crippen molar-refractivity contribution in [1.29, 1.82) is 0 Å². The standard InChI is InChI=1S/C16H13N3O3/c20-16(8-12-9-19-6-2-1-3-15(19)17-12)18-11-4-5-13-14(7-11)22-10-21-13/h1-7,9H,8,10H2,(H,18,20). The molecule has 0 bridgehead atoms. The molecule has 3 aromatic rings. The molecule has 4 rings (SSSR count). The second-order valence-electron chi connectivity index (χ2n) is 4.99. The lowest BCUT2D eigenvalue weighted by molar-refractivity contribution is -0.115. The summed E-state index contributed by atoms with van der Waals surface area (Å²) in [6.45, 7) is 0.216. The topological polar surface area (TPSA) is 64.9 Å². The molecule has 0 atom stereocenters. The molecular formula is C16H13N3O3. The number of ether oxygens (including phenoxy) is 2. The molecule has 3 heterocycles. The summed E-state index contributed by atoms with van der Waals surface area (Å²) in [6, 6.07) is 11.1. The molecule has 1 aliphatic rings. The minimum atomic E-state index is -0.123. The molecule has 6 nitrogen and oxygen atoms in total. The third-order valence-corrected chi connectivity index (χ3v) is 3.41. The molecule has 1 amide bonds. The van der Waals surface area contributed by atoms with E-state index in [0.717, 1.165) is 11.3 Å². The maximum absolute atomic E-state index is 12.1. The zero-order chi connectivity index (χ0) is 14.9. The first kappa shape index (κ1) is 12.7. The van der Waals surface area contributed by atoms with E-state index in [1.54, 1.807) is 18.2 Å². The number of benzene rings is 1. The van der Waals surface area contributed by atoms with Crippen molar-refractivity contribution in [2.24, 2.45) is 0 Å². The Kier molecular flexibility index (Phi) is 2.93. The Morgan fingerprint density at radius 3 is 3.05 bits per heavy atom. The maximum Gasteiger partial charge on any atom is 0.231 e. The van der Waals surface area contributed by atoms with Crippen LogP contribution in [0.3, 0.4) is 0 Å². The van der Waals surface area contributed by atoms with E-state index in [4.69, 9.17) is 9.47 Å². The van der Waals surface area contributed by atoms with Gasteiger partial charge in [-0.1, -0.05) is 6.07 Å². The summed E-state index contributed by atoms with van der Waals surface area (Å²) < 4.78 is 12.4. The van der Waals surface area contributed by atoms with Crippen LogP contribution in [0.5, 0.6) is 11.5 Å². The molecule has 0 aliphatic carbocycles. The van der Waals surface area contributed by atoms with Crippen molar-refractivity contribution in [3.05, 3.63) is 54.5 Å². The van der Waals surface area contributed by atoms with Gasteiger partial charge in [0.05, 0.1) is 12.1 Å². The Bertz CT molecular complexity index is 824. The van der Waals surface area contributed by atoms with Crippen LogP contribution in [0.2, 0.25) is 0 Å². The number of hydrogen-bond acceptors (Lipinski definition) is 4. The number of fused-ring (bicyclic) bond motifs is 2. The van der Waals surface area contributed by atoms with Gasteiger partial charge in [-0.3, -0.25) is 4.79 Å². The zero-order valence-electron chi connectivity index (χ0n) is 11.7. The molecule has 0 unspecified atom stereocenters. The molecule has 0 fully saturated rings. The molecule has 6 heteroatoms. The molecule has 0 saturated heterocycles. The lowest BCUT2D eigenvalue weighted by Gasteiger charge is -2.05. The van der Waals surface area contributed by atoms with Crippen molar-refractivity contribution in [3.8, 4) is 11.5 Å². The molecule has 0 spiro atoms. The average Bonchev–Trinajstić information content (AvgIpc) is 3.11. The monoisotopic (exact) mass is 295 g/mol. The predicted octanol–water partition coefficient (Wildman–Crippen LogP) is 2.24. The third kappa shape index (κ3) is 2.35. The molecule has 110 valence electrons. The van der Waals surface area contributed by atoms with Crippen molar-refractivity contribution < 1.29 is 14.3 Å². The van der Waals surface area contributed by atoms with E-state index in [1.807, 2.05) is 35.0 Å². The van der Waals surface area contributed by atoms with Crippen molar-refractivity contribution in [1.82, 2.24) is 9.38 Å². The van der Waals surface area contributed by atoms with Crippen LogP contribution in [-0.2, 0) is 11.2 Å². The minimum absolute atomic E-state index is 0.123. The first-order valence-electron chi connectivity index (χ1n) is 6.90. The Morgan fingerprint density at radius 2 is 2.14 bits per heavy atom. The predicted molar refractivity (Wildman–Crippen MR) is 80.1 cm³/mol. The molecule has 1 aliphatic heterocycles. The molecular weight excluding hydrogens is 282 g/mol. The van der Waals surface area contributed by atoms with Crippen LogP contribution in [0, 0.1) is 0 Å². The van der Waals surface area contributed by atoms with Crippen LogP contribution in [-0.4, -0.2) is 22.1 Å². The smallest absolute Gasteiger partial charge is 0.231 e. The van der Waals surface area contributed by atoms with Crippen LogP contribution < -0.4 is 14.8 Å². The zero-order valence-corrected chi connectivity index (χ0v) is 11.7. The fourth-order valence-electron chi connectivity index (χ4n) is 2.42. The first-order valence-corrected chi connectivity index (χ1v) is 6.90. The van der Waals surface area contributed by atoms with Gasteiger partial charge in [0.25, 0.3) is 0 Å². The van der Waals surface area contributed by atoms with Gasteiger partial charge in [0, 0.05) is 24.1 Å². The van der Waals surface area contributed by atoms with Crippen molar-refractivity contribution in [3.63, 3.8) is 0 Å². The van der Waals surface area contributed by atoms with Crippen LogP contribution in [0.1, 0.15) is 5.69 Å². The number of nitrogens with zero attached hydrogens (tertiary/aromatic N) is 2. The van der Waals surface area contributed by atoms with Crippen LogP contribution in [0.25, 0.3) is 5.65 Å². The number of carbonyl (C=O) groups excluding carboxylic acids is 1. The van der Waals surface area contributed by atoms with Crippen LogP contribution in [0.4, 0.5) is 5.69 Å². The van der Waals surface area contributed by atoms with Gasteiger partial charge in [-0.2, -0.15) is 0 Å². The molecule has 1 N–H and O–H groups in total. The van der Waals surface area contributed by atoms with Gasteiger partial charge in [-0.05, 0) is 24.3 Å². The molecule has 1 aromatic carbocycles. The van der Waals surface area contributed by atoms with Crippen LogP contribution in [0.15, 0.2) is 48.8 Å². The van der Waals surface area contributed by atoms with E-state index in [0.29, 0.717) is 17.2 Å². The van der Waals surface area contributed by atoms with E-state index < -0.39 is 0 Å². The van der Waals surface area contributed by atoms with Crippen LogP contribution >= 0.6 is 0 Å². The van der Waals surface area contributed by atoms with Gasteiger partial charge in [-0.15, -0.1) is 0 Å². The molecule has 22 heavy (non-hydrogen) atoms. The number of amides is 1. The largest absolute Gasteiger partial charge is 0.454 e. The highest BCUT2D eigenvalue weighted by molar-refractivity contribution is 5.92. The molecule has 0 saturated carbocycles. The fraction of sp³-hybridized carbons (Fsp3) is 0.125. The Balaban J connectivity index is 1.48. The van der Waals surface area contributed by atoms with E-state index >= 15 is 0 Å². The van der Waals surface area contributed by atoms with Crippen molar-refractivity contribution in [2.45, 2.75) is 6.42 Å². The lowest BCUT2D eigenvalue weighted by Crippen LogP contribution is -2.14. The summed E-state index contributed by atoms with van der Waals surface area (Å²) in [4.78, 5) is 16.5. The van der Waals surface area contributed by atoms with Gasteiger partial charge >= 0.3 is 0 Å².